The van der Waals surface area contributed by atoms with Crippen molar-refractivity contribution >= 4 is 5.97 Å². The monoisotopic (exact) mass is 537 g/mol. The number of aromatic nitrogens is 1. The van der Waals surface area contributed by atoms with Crippen molar-refractivity contribution in [1.29, 1.82) is 0 Å². The predicted octanol–water partition coefficient (Wildman–Crippen LogP) is 6.55. The fourth-order valence-corrected chi connectivity index (χ4v) is 6.19. The van der Waals surface area contributed by atoms with E-state index < -0.39 is 0 Å². The zero-order valence-corrected chi connectivity index (χ0v) is 23.0. The highest BCUT2D eigenvalue weighted by Gasteiger charge is 2.41. The summed E-state index contributed by atoms with van der Waals surface area (Å²) in [5.74, 6) is 1.93. The number of ether oxygens (including phenoxy) is 2. The van der Waals surface area contributed by atoms with Gasteiger partial charge in [-0.1, -0.05) is 24.3 Å². The molecule has 0 saturated carbocycles. The van der Waals surface area contributed by atoms with Crippen LogP contribution in [0.5, 0.6) is 11.5 Å². The number of rotatable bonds is 9. The molecule has 2 saturated heterocycles. The molecule has 0 radical (unpaired) electrons. The third-order valence-corrected chi connectivity index (χ3v) is 8.35. The molecule has 2 fully saturated rings. The first-order valence-corrected chi connectivity index (χ1v) is 14.0. The molecular formula is C33H35N3O4. The number of benzene rings is 3. The second kappa shape index (κ2) is 11.7. The summed E-state index contributed by atoms with van der Waals surface area (Å²) < 4.78 is 16.2. The third-order valence-electron chi connectivity index (χ3n) is 8.35. The Bertz CT molecular complexity index is 1390. The number of fused-ring (bicyclic) bond motifs is 2. The van der Waals surface area contributed by atoms with E-state index in [0.29, 0.717) is 29.6 Å². The fourth-order valence-electron chi connectivity index (χ4n) is 6.19. The molecule has 4 aromatic rings. The molecule has 0 amide bonds. The highest BCUT2D eigenvalue weighted by Crippen LogP contribution is 2.39. The number of carbonyl (C=O) groups excluding carboxylic acids is 1. The molecule has 7 heteroatoms. The molecule has 3 heterocycles. The van der Waals surface area contributed by atoms with Crippen LogP contribution in [0.15, 0.2) is 89.7 Å². The minimum atomic E-state index is -0.291. The maximum atomic E-state index is 11.7. The number of piperidine rings is 1. The lowest BCUT2D eigenvalue weighted by atomic mass is 9.95. The Morgan fingerprint density at radius 3 is 2.15 bits per heavy atom. The summed E-state index contributed by atoms with van der Waals surface area (Å²) >= 11 is 0. The van der Waals surface area contributed by atoms with Crippen LogP contribution < -0.4 is 4.74 Å². The van der Waals surface area contributed by atoms with Crippen molar-refractivity contribution in [2.75, 3.05) is 14.2 Å². The molecule has 7 nitrogen and oxygen atoms in total. The van der Waals surface area contributed by atoms with Gasteiger partial charge in [-0.25, -0.2) is 9.78 Å². The van der Waals surface area contributed by atoms with Crippen LogP contribution in [0.25, 0.3) is 11.5 Å². The maximum Gasteiger partial charge on any atom is 0.337 e. The lowest BCUT2D eigenvalue weighted by Crippen LogP contribution is -2.48. The Balaban J connectivity index is 1.02. The van der Waals surface area contributed by atoms with E-state index in [0.717, 1.165) is 30.2 Å². The highest BCUT2D eigenvalue weighted by atomic mass is 16.5. The van der Waals surface area contributed by atoms with Gasteiger partial charge in [0.2, 0.25) is 5.89 Å². The van der Waals surface area contributed by atoms with Crippen molar-refractivity contribution in [1.82, 2.24) is 14.8 Å². The molecular weight excluding hydrogens is 502 g/mol. The first kappa shape index (κ1) is 26.3. The van der Waals surface area contributed by atoms with Gasteiger partial charge >= 0.3 is 5.97 Å². The molecule has 40 heavy (non-hydrogen) atoms. The smallest absolute Gasteiger partial charge is 0.337 e. The van der Waals surface area contributed by atoms with Gasteiger partial charge in [-0.15, -0.1) is 0 Å². The summed E-state index contributed by atoms with van der Waals surface area (Å²) in [6, 6.07) is 25.8. The van der Waals surface area contributed by atoms with Gasteiger partial charge in [-0.2, -0.15) is 0 Å². The molecule has 0 N–H and O–H groups in total. The van der Waals surface area contributed by atoms with E-state index in [9.17, 15) is 4.79 Å². The molecule has 6 rings (SSSR count). The second-order valence-electron chi connectivity index (χ2n) is 10.9. The topological polar surface area (TPSA) is 68.0 Å². The van der Waals surface area contributed by atoms with Crippen molar-refractivity contribution in [2.24, 2.45) is 0 Å². The van der Waals surface area contributed by atoms with Crippen molar-refractivity contribution < 1.29 is 18.7 Å². The molecule has 206 valence electrons. The summed E-state index contributed by atoms with van der Waals surface area (Å²) in [6.45, 7) is 1.86. The summed E-state index contributed by atoms with van der Waals surface area (Å²) in [7, 11) is 3.64. The molecule has 0 aliphatic carbocycles. The van der Waals surface area contributed by atoms with Crippen molar-refractivity contribution in [3.8, 4) is 23.0 Å². The maximum absolute atomic E-state index is 11.7. The van der Waals surface area contributed by atoms with Crippen LogP contribution >= 0.6 is 0 Å². The highest BCUT2D eigenvalue weighted by molar-refractivity contribution is 5.89. The predicted molar refractivity (Wildman–Crippen MR) is 153 cm³/mol. The standard InChI is InChI=1S/C33H35N3O4/c1-35(21-23-3-7-26(8-4-23)33(37)38-2)29-19-27-11-12-28(20-29)36(27)22-24-5-13-30(14-6-24)40-31-15-9-25(10-16-31)32-34-17-18-39-32/h3-10,13-18,27-29H,11-12,19-22H2,1-2H3. The average Bonchev–Trinajstić information content (AvgIpc) is 3.60. The normalized spacial score (nSPS) is 20.5. The second-order valence-corrected chi connectivity index (χ2v) is 10.9. The Labute approximate surface area is 235 Å². The minimum absolute atomic E-state index is 0.291. The van der Waals surface area contributed by atoms with E-state index in [-0.39, 0.29) is 5.97 Å². The largest absolute Gasteiger partial charge is 0.465 e. The Morgan fingerprint density at radius 2 is 1.55 bits per heavy atom. The fraction of sp³-hybridized carbons (Fsp3) is 0.333. The van der Waals surface area contributed by atoms with E-state index in [2.05, 4.69) is 46.1 Å². The number of esters is 1. The van der Waals surface area contributed by atoms with E-state index in [1.165, 1.54) is 43.9 Å². The molecule has 2 aliphatic heterocycles. The number of nitrogens with zero attached hydrogens (tertiary/aromatic N) is 3. The SMILES string of the molecule is COC(=O)c1ccc(CN(C)C2CC3CCC(C2)N3Cc2ccc(Oc3ccc(-c4ncco4)cc3)cc2)cc1. The van der Waals surface area contributed by atoms with Gasteiger partial charge in [0.25, 0.3) is 0 Å². The van der Waals surface area contributed by atoms with Crippen LogP contribution in [0.2, 0.25) is 0 Å². The van der Waals surface area contributed by atoms with Gasteiger partial charge in [-0.3, -0.25) is 9.80 Å². The molecule has 1 aromatic heterocycles. The van der Waals surface area contributed by atoms with E-state index in [1.54, 1.807) is 12.5 Å². The first-order valence-electron chi connectivity index (χ1n) is 14.0. The van der Waals surface area contributed by atoms with E-state index in [1.807, 2.05) is 48.5 Å². The summed E-state index contributed by atoms with van der Waals surface area (Å²) in [5, 5.41) is 0. The van der Waals surface area contributed by atoms with Crippen LogP contribution in [-0.2, 0) is 17.8 Å². The number of oxazole rings is 1. The summed E-state index contributed by atoms with van der Waals surface area (Å²) in [4.78, 5) is 21.1. The zero-order valence-electron chi connectivity index (χ0n) is 23.0. The number of carbonyl (C=O) groups is 1. The number of methoxy groups -OCH3 is 1. The van der Waals surface area contributed by atoms with Gasteiger partial charge in [-0.05, 0) is 92.4 Å². The van der Waals surface area contributed by atoms with Crippen molar-refractivity contribution in [3.63, 3.8) is 0 Å². The first-order chi connectivity index (χ1) is 19.6. The van der Waals surface area contributed by atoms with Crippen molar-refractivity contribution in [2.45, 2.75) is 56.9 Å². The average molecular weight is 538 g/mol. The Hall–Kier alpha value is -3.94. The molecule has 2 aliphatic rings. The van der Waals surface area contributed by atoms with Crippen LogP contribution in [0.3, 0.4) is 0 Å². The number of hydrogen-bond donors (Lipinski definition) is 0. The van der Waals surface area contributed by atoms with Crippen LogP contribution in [0.1, 0.15) is 47.2 Å². The van der Waals surface area contributed by atoms with Gasteiger partial charge in [0.05, 0.1) is 18.9 Å². The van der Waals surface area contributed by atoms with Gasteiger partial charge < -0.3 is 13.9 Å². The summed E-state index contributed by atoms with van der Waals surface area (Å²) in [6.07, 6.45) is 8.14. The Morgan fingerprint density at radius 1 is 0.925 bits per heavy atom. The molecule has 2 atom stereocenters. The quantitative estimate of drug-likeness (QED) is 0.224. The lowest BCUT2D eigenvalue weighted by molar-refractivity contribution is 0.0599. The Kier molecular flexibility index (Phi) is 7.66. The van der Waals surface area contributed by atoms with Crippen LogP contribution in [0.4, 0.5) is 0 Å². The summed E-state index contributed by atoms with van der Waals surface area (Å²) in [5.41, 5.74) is 4.06. The third kappa shape index (κ3) is 5.81. The minimum Gasteiger partial charge on any atom is -0.465 e. The lowest BCUT2D eigenvalue weighted by Gasteiger charge is -2.42. The van der Waals surface area contributed by atoms with E-state index >= 15 is 0 Å². The molecule has 2 unspecified atom stereocenters. The van der Waals surface area contributed by atoms with Gasteiger partial charge in [0, 0.05) is 36.8 Å². The van der Waals surface area contributed by atoms with E-state index in [4.69, 9.17) is 13.9 Å². The van der Waals surface area contributed by atoms with Crippen molar-refractivity contribution in [3.05, 3.63) is 102 Å². The molecule has 2 bridgehead atoms. The van der Waals surface area contributed by atoms with Crippen LogP contribution in [-0.4, -0.2) is 53.0 Å². The zero-order chi connectivity index (χ0) is 27.5. The molecule has 3 aromatic carbocycles. The van der Waals surface area contributed by atoms with Crippen LogP contribution in [0, 0.1) is 0 Å². The molecule has 0 spiro atoms. The van der Waals surface area contributed by atoms with Gasteiger partial charge in [0.1, 0.15) is 17.8 Å². The number of hydrogen-bond acceptors (Lipinski definition) is 7. The van der Waals surface area contributed by atoms with Gasteiger partial charge in [0.15, 0.2) is 0 Å².